The summed E-state index contributed by atoms with van der Waals surface area (Å²) in [6, 6.07) is 0.642. The van der Waals surface area contributed by atoms with Crippen molar-refractivity contribution in [3.63, 3.8) is 0 Å². The van der Waals surface area contributed by atoms with Gasteiger partial charge >= 0.3 is 0 Å². The van der Waals surface area contributed by atoms with Gasteiger partial charge in [-0.1, -0.05) is 32.3 Å². The van der Waals surface area contributed by atoms with Crippen molar-refractivity contribution in [3.05, 3.63) is 17.5 Å². The highest BCUT2D eigenvalue weighted by Crippen LogP contribution is 2.25. The summed E-state index contributed by atoms with van der Waals surface area (Å²) >= 11 is 1.37. The third-order valence-electron chi connectivity index (χ3n) is 4.01. The van der Waals surface area contributed by atoms with Crippen LogP contribution < -0.4 is 0 Å². The predicted octanol–water partition coefficient (Wildman–Crippen LogP) is 3.77. The zero-order valence-electron chi connectivity index (χ0n) is 12.4. The van der Waals surface area contributed by atoms with E-state index in [1.807, 2.05) is 0 Å². The van der Waals surface area contributed by atoms with Gasteiger partial charge < -0.3 is 0 Å². The molecule has 106 valence electrons. The highest BCUT2D eigenvalue weighted by Gasteiger charge is 2.20. The van der Waals surface area contributed by atoms with Crippen LogP contribution in [0.3, 0.4) is 0 Å². The van der Waals surface area contributed by atoms with E-state index in [1.54, 1.807) is 0 Å². The fourth-order valence-corrected chi connectivity index (χ4v) is 3.11. The molecule has 2 rings (SSSR count). The normalized spacial score (nSPS) is 20.6. The van der Waals surface area contributed by atoms with Crippen LogP contribution in [0.5, 0.6) is 0 Å². The quantitative estimate of drug-likeness (QED) is 0.742. The molecule has 4 heteroatoms. The first-order valence-electron chi connectivity index (χ1n) is 7.43. The van der Waals surface area contributed by atoms with E-state index < -0.39 is 0 Å². The van der Waals surface area contributed by atoms with Crippen LogP contribution in [0.15, 0.2) is 6.08 Å². The molecule has 0 bridgehead atoms. The maximum Gasteiger partial charge on any atom is 0.104 e. The third kappa shape index (κ3) is 3.86. The zero-order valence-corrected chi connectivity index (χ0v) is 13.2. The number of aryl methyl sites for hydroxylation is 1. The van der Waals surface area contributed by atoms with Crippen molar-refractivity contribution in [2.45, 2.75) is 58.4 Å². The van der Waals surface area contributed by atoms with Gasteiger partial charge in [0.25, 0.3) is 0 Å². The number of likely N-dealkylation sites (N-methyl/N-ethyl adjacent to an activating group) is 1. The van der Waals surface area contributed by atoms with Gasteiger partial charge in [0.1, 0.15) is 5.69 Å². The molecule has 1 atom stereocenters. The molecule has 0 amide bonds. The standard InChI is InChI=1S/C15H25N3S/c1-4-5-6-7-8-14-15(17-19-16-14)13-10-9-12(2)18(3)11-13/h10,12H,4-9,11H2,1-3H3. The highest BCUT2D eigenvalue weighted by atomic mass is 32.1. The van der Waals surface area contributed by atoms with Crippen LogP contribution in [0.25, 0.3) is 5.57 Å². The number of rotatable bonds is 6. The van der Waals surface area contributed by atoms with Crippen molar-refractivity contribution in [1.29, 1.82) is 0 Å². The smallest absolute Gasteiger partial charge is 0.104 e. The van der Waals surface area contributed by atoms with Crippen LogP contribution in [-0.4, -0.2) is 33.3 Å². The summed E-state index contributed by atoms with van der Waals surface area (Å²) in [7, 11) is 2.19. The van der Waals surface area contributed by atoms with E-state index in [0.717, 1.165) is 19.4 Å². The molecule has 0 aromatic carbocycles. The molecule has 0 aliphatic carbocycles. The first-order chi connectivity index (χ1) is 9.22. The topological polar surface area (TPSA) is 29.0 Å². The minimum absolute atomic E-state index is 0.642. The molecule has 1 aromatic rings. The van der Waals surface area contributed by atoms with Crippen LogP contribution in [0.1, 0.15) is 57.3 Å². The Bertz CT molecular complexity index is 425. The summed E-state index contributed by atoms with van der Waals surface area (Å²) < 4.78 is 9.04. The van der Waals surface area contributed by atoms with Gasteiger partial charge in [-0.2, -0.15) is 8.75 Å². The Morgan fingerprint density at radius 3 is 2.89 bits per heavy atom. The average molecular weight is 279 g/mol. The fraction of sp³-hybridized carbons (Fsp3) is 0.733. The van der Waals surface area contributed by atoms with Crippen molar-refractivity contribution < 1.29 is 0 Å². The molecule has 19 heavy (non-hydrogen) atoms. The number of aromatic nitrogens is 2. The molecular weight excluding hydrogens is 254 g/mol. The summed E-state index contributed by atoms with van der Waals surface area (Å²) in [6.45, 7) is 5.53. The zero-order chi connectivity index (χ0) is 13.7. The van der Waals surface area contributed by atoms with Crippen molar-refractivity contribution in [1.82, 2.24) is 13.6 Å². The predicted molar refractivity (Wildman–Crippen MR) is 82.4 cm³/mol. The second kappa shape index (κ2) is 7.15. The Morgan fingerprint density at radius 1 is 1.32 bits per heavy atom. The summed E-state index contributed by atoms with van der Waals surface area (Å²) in [4.78, 5) is 2.40. The van der Waals surface area contributed by atoms with Gasteiger partial charge in [-0.15, -0.1) is 0 Å². The van der Waals surface area contributed by atoms with Gasteiger partial charge in [0.05, 0.1) is 17.4 Å². The molecule has 0 fully saturated rings. The molecule has 1 aliphatic heterocycles. The highest BCUT2D eigenvalue weighted by molar-refractivity contribution is 6.99. The third-order valence-corrected chi connectivity index (χ3v) is 4.57. The molecule has 0 N–H and O–H groups in total. The van der Waals surface area contributed by atoms with Crippen molar-refractivity contribution in [3.8, 4) is 0 Å². The monoisotopic (exact) mass is 279 g/mol. The Balaban J connectivity index is 1.99. The summed E-state index contributed by atoms with van der Waals surface area (Å²) in [6.07, 6.45) is 9.74. The summed E-state index contributed by atoms with van der Waals surface area (Å²) in [5.41, 5.74) is 3.76. The lowest BCUT2D eigenvalue weighted by atomic mass is 9.99. The van der Waals surface area contributed by atoms with Crippen molar-refractivity contribution in [2.75, 3.05) is 13.6 Å². The summed E-state index contributed by atoms with van der Waals surface area (Å²) in [5.74, 6) is 0. The van der Waals surface area contributed by atoms with E-state index in [4.69, 9.17) is 0 Å². The van der Waals surface area contributed by atoms with Gasteiger partial charge in [-0.05, 0) is 38.8 Å². The minimum atomic E-state index is 0.642. The molecule has 1 aliphatic rings. The van der Waals surface area contributed by atoms with Gasteiger partial charge in [0.2, 0.25) is 0 Å². The van der Waals surface area contributed by atoms with Crippen LogP contribution in [0.2, 0.25) is 0 Å². The van der Waals surface area contributed by atoms with E-state index in [0.29, 0.717) is 6.04 Å². The van der Waals surface area contributed by atoms with E-state index in [2.05, 4.69) is 40.6 Å². The van der Waals surface area contributed by atoms with E-state index in [-0.39, 0.29) is 0 Å². The van der Waals surface area contributed by atoms with Gasteiger partial charge in [0.15, 0.2) is 0 Å². The van der Waals surface area contributed by atoms with Gasteiger partial charge in [-0.25, -0.2) is 0 Å². The van der Waals surface area contributed by atoms with Crippen LogP contribution >= 0.6 is 11.7 Å². The lowest BCUT2D eigenvalue weighted by Crippen LogP contribution is -2.33. The molecule has 0 radical (unpaired) electrons. The molecule has 1 aromatic heterocycles. The lowest BCUT2D eigenvalue weighted by molar-refractivity contribution is 0.280. The Hall–Kier alpha value is -0.740. The van der Waals surface area contributed by atoms with Crippen LogP contribution in [0.4, 0.5) is 0 Å². The van der Waals surface area contributed by atoms with Crippen molar-refractivity contribution in [2.24, 2.45) is 0 Å². The van der Waals surface area contributed by atoms with Crippen molar-refractivity contribution >= 4 is 17.3 Å². The Labute approximate surface area is 121 Å². The second-order valence-electron chi connectivity index (χ2n) is 5.60. The largest absolute Gasteiger partial charge is 0.299 e. The maximum absolute atomic E-state index is 4.53. The average Bonchev–Trinajstić information content (AvgIpc) is 2.86. The van der Waals surface area contributed by atoms with Crippen LogP contribution in [0, 0.1) is 0 Å². The number of nitrogens with zero attached hydrogens (tertiary/aromatic N) is 3. The van der Waals surface area contributed by atoms with Gasteiger partial charge in [0, 0.05) is 12.6 Å². The lowest BCUT2D eigenvalue weighted by Gasteiger charge is -2.29. The van der Waals surface area contributed by atoms with E-state index in [9.17, 15) is 0 Å². The molecule has 1 unspecified atom stereocenters. The minimum Gasteiger partial charge on any atom is -0.299 e. The number of unbranched alkanes of at least 4 members (excludes halogenated alkanes) is 3. The molecule has 2 heterocycles. The SMILES string of the molecule is CCCCCCc1nsnc1C1=CCC(C)N(C)C1. The number of hydrogen-bond acceptors (Lipinski definition) is 4. The first-order valence-corrected chi connectivity index (χ1v) is 8.16. The Morgan fingerprint density at radius 2 is 2.16 bits per heavy atom. The molecule has 0 saturated carbocycles. The number of hydrogen-bond donors (Lipinski definition) is 0. The molecular formula is C15H25N3S. The fourth-order valence-electron chi connectivity index (χ4n) is 2.49. The van der Waals surface area contributed by atoms with E-state index in [1.165, 1.54) is 54.4 Å². The maximum atomic E-state index is 4.53. The molecule has 0 spiro atoms. The van der Waals surface area contributed by atoms with Crippen LogP contribution in [-0.2, 0) is 6.42 Å². The molecule has 3 nitrogen and oxygen atoms in total. The molecule has 0 saturated heterocycles. The second-order valence-corrected chi connectivity index (χ2v) is 6.13. The van der Waals surface area contributed by atoms with Gasteiger partial charge in [-0.3, -0.25) is 4.90 Å². The first kappa shape index (κ1) is 14.7. The Kier molecular flexibility index (Phi) is 5.52. The summed E-state index contributed by atoms with van der Waals surface area (Å²) in [5, 5.41) is 0. The van der Waals surface area contributed by atoms with E-state index >= 15 is 0 Å².